The monoisotopic (exact) mass is 493 g/mol. The predicted molar refractivity (Wildman–Crippen MR) is 137 cm³/mol. The summed E-state index contributed by atoms with van der Waals surface area (Å²) in [6.45, 7) is 5.74. The van der Waals surface area contributed by atoms with Crippen molar-refractivity contribution in [1.29, 1.82) is 0 Å². The SMILES string of the molecule is Cc1cccc(C)c1NC(=O)C1N(CCO)C(=O)[C@@H]2[C@H](C(=O)Nc3ccccc3)[C@]3(C)CCC12S3. The number of fused-ring (bicyclic) bond motifs is 1. The molecule has 5 rings (SSSR count). The fourth-order valence-electron chi connectivity index (χ4n) is 6.42. The van der Waals surface area contributed by atoms with Gasteiger partial charge in [-0.2, -0.15) is 0 Å². The number of β-amino-alcohol motifs (C(OH)–C–C–N with tert-alkyl or cyclic N) is 1. The molecule has 3 aliphatic heterocycles. The topological polar surface area (TPSA) is 98.7 Å². The number of benzene rings is 2. The number of rotatable bonds is 6. The molecule has 0 radical (unpaired) electrons. The highest BCUT2D eigenvalue weighted by atomic mass is 32.2. The van der Waals surface area contributed by atoms with Gasteiger partial charge in [-0.25, -0.2) is 0 Å². The largest absolute Gasteiger partial charge is 0.395 e. The van der Waals surface area contributed by atoms with Gasteiger partial charge >= 0.3 is 0 Å². The lowest BCUT2D eigenvalue weighted by molar-refractivity contribution is -0.139. The highest BCUT2D eigenvalue weighted by Gasteiger charge is 2.77. The Morgan fingerprint density at radius 1 is 1.03 bits per heavy atom. The van der Waals surface area contributed by atoms with Gasteiger partial charge in [0.1, 0.15) is 6.04 Å². The molecule has 2 aromatic carbocycles. The van der Waals surface area contributed by atoms with Crippen LogP contribution < -0.4 is 10.6 Å². The van der Waals surface area contributed by atoms with E-state index in [4.69, 9.17) is 0 Å². The zero-order valence-electron chi connectivity index (χ0n) is 20.2. The van der Waals surface area contributed by atoms with Crippen LogP contribution in [0.4, 0.5) is 11.4 Å². The Morgan fingerprint density at radius 3 is 2.37 bits per heavy atom. The molecule has 3 amide bonds. The minimum absolute atomic E-state index is 0.0617. The van der Waals surface area contributed by atoms with Crippen molar-refractivity contribution in [3.8, 4) is 0 Å². The number of thioether (sulfide) groups is 1. The summed E-state index contributed by atoms with van der Waals surface area (Å²) >= 11 is 1.62. The van der Waals surface area contributed by atoms with Crippen molar-refractivity contribution in [1.82, 2.24) is 4.90 Å². The van der Waals surface area contributed by atoms with Crippen molar-refractivity contribution in [3.05, 3.63) is 59.7 Å². The third kappa shape index (κ3) is 3.65. The van der Waals surface area contributed by atoms with Gasteiger partial charge in [-0.3, -0.25) is 14.4 Å². The molecule has 3 fully saturated rings. The van der Waals surface area contributed by atoms with Crippen molar-refractivity contribution in [2.45, 2.75) is 49.1 Å². The van der Waals surface area contributed by atoms with Crippen LogP contribution >= 0.6 is 11.8 Å². The van der Waals surface area contributed by atoms with E-state index in [9.17, 15) is 19.5 Å². The Kier molecular flexibility index (Phi) is 5.92. The Bertz CT molecular complexity index is 1170. The van der Waals surface area contributed by atoms with Crippen molar-refractivity contribution < 1.29 is 19.5 Å². The molecule has 2 unspecified atom stereocenters. The summed E-state index contributed by atoms with van der Waals surface area (Å²) in [6, 6.07) is 14.3. The third-order valence-corrected chi connectivity index (χ3v) is 9.90. The van der Waals surface area contributed by atoms with E-state index >= 15 is 0 Å². The van der Waals surface area contributed by atoms with Gasteiger partial charge in [0.05, 0.1) is 23.2 Å². The lowest BCUT2D eigenvalue weighted by atomic mass is 9.66. The number of para-hydroxylation sites is 2. The summed E-state index contributed by atoms with van der Waals surface area (Å²) < 4.78 is -1.15. The van der Waals surface area contributed by atoms with Gasteiger partial charge in [-0.15, -0.1) is 11.8 Å². The number of nitrogens with one attached hydrogen (secondary N) is 2. The molecule has 35 heavy (non-hydrogen) atoms. The second kappa shape index (κ2) is 8.68. The summed E-state index contributed by atoms with van der Waals surface area (Å²) in [6.07, 6.45) is 1.42. The molecule has 5 atom stereocenters. The van der Waals surface area contributed by atoms with E-state index in [0.717, 1.165) is 23.2 Å². The maximum Gasteiger partial charge on any atom is 0.248 e. The quantitative estimate of drug-likeness (QED) is 0.573. The zero-order valence-corrected chi connectivity index (χ0v) is 21.0. The minimum atomic E-state index is -0.757. The lowest BCUT2D eigenvalue weighted by Crippen LogP contribution is -2.52. The van der Waals surface area contributed by atoms with Crippen LogP contribution in [-0.2, 0) is 14.4 Å². The first-order chi connectivity index (χ1) is 16.7. The summed E-state index contributed by atoms with van der Waals surface area (Å²) in [7, 11) is 0. The number of anilines is 2. The molecular formula is C27H31N3O4S. The second-order valence-electron chi connectivity index (χ2n) is 10.1. The van der Waals surface area contributed by atoms with Crippen LogP contribution in [0.2, 0.25) is 0 Å². The van der Waals surface area contributed by atoms with Gasteiger partial charge < -0.3 is 20.6 Å². The van der Waals surface area contributed by atoms with Gasteiger partial charge in [0, 0.05) is 22.7 Å². The number of carbonyl (C=O) groups is 3. The number of aliphatic hydroxyl groups excluding tert-OH is 1. The van der Waals surface area contributed by atoms with Crippen molar-refractivity contribution in [3.63, 3.8) is 0 Å². The van der Waals surface area contributed by atoms with E-state index < -0.39 is 27.4 Å². The van der Waals surface area contributed by atoms with Crippen molar-refractivity contribution >= 4 is 40.9 Å². The van der Waals surface area contributed by atoms with Crippen LogP contribution in [0.5, 0.6) is 0 Å². The summed E-state index contributed by atoms with van der Waals surface area (Å²) in [5.74, 6) is -1.84. The molecule has 0 aromatic heterocycles. The smallest absolute Gasteiger partial charge is 0.248 e. The minimum Gasteiger partial charge on any atom is -0.395 e. The Hall–Kier alpha value is -2.84. The van der Waals surface area contributed by atoms with Gasteiger partial charge in [0.15, 0.2) is 0 Å². The number of carbonyl (C=O) groups excluding carboxylic acids is 3. The van der Waals surface area contributed by atoms with Crippen LogP contribution in [0.15, 0.2) is 48.5 Å². The molecule has 3 aliphatic rings. The van der Waals surface area contributed by atoms with Gasteiger partial charge in [-0.1, -0.05) is 36.4 Å². The molecule has 2 aromatic rings. The number of aliphatic hydroxyl groups is 1. The highest BCUT2D eigenvalue weighted by Crippen LogP contribution is 2.71. The van der Waals surface area contributed by atoms with Gasteiger partial charge in [0.2, 0.25) is 17.7 Å². The van der Waals surface area contributed by atoms with E-state index in [1.165, 1.54) is 4.90 Å². The Balaban J connectivity index is 1.51. The first kappa shape index (κ1) is 23.9. The van der Waals surface area contributed by atoms with Gasteiger partial charge in [0.25, 0.3) is 0 Å². The van der Waals surface area contributed by atoms with Gasteiger partial charge in [-0.05, 0) is 56.9 Å². The van der Waals surface area contributed by atoms with Crippen LogP contribution in [0, 0.1) is 25.7 Å². The number of amides is 3. The molecule has 7 nitrogen and oxygen atoms in total. The standard InChI is InChI=1S/C27H31N3O4S/c1-16-8-7-9-17(2)21(16)29-24(33)22-27-13-12-26(3,35-27)19(20(27)25(34)30(22)14-15-31)23(32)28-18-10-5-4-6-11-18/h4-11,19-20,22,31H,12-15H2,1-3H3,(H,28,32)(H,29,33)/t19-,20+,22?,26+,27?/m1/s1. The third-order valence-electron chi connectivity index (χ3n) is 7.92. The summed E-state index contributed by atoms with van der Waals surface area (Å²) in [5.41, 5.74) is 3.32. The first-order valence-electron chi connectivity index (χ1n) is 12.1. The molecule has 8 heteroatoms. The molecule has 3 N–H and O–H groups in total. The summed E-state index contributed by atoms with van der Waals surface area (Å²) in [4.78, 5) is 42.7. The lowest BCUT2D eigenvalue weighted by Gasteiger charge is -2.35. The fourth-order valence-corrected chi connectivity index (χ4v) is 8.78. The number of aryl methyl sites for hydroxylation is 2. The predicted octanol–water partition coefficient (Wildman–Crippen LogP) is 3.35. The van der Waals surface area contributed by atoms with E-state index in [1.807, 2.05) is 69.3 Å². The molecule has 3 heterocycles. The Morgan fingerprint density at radius 2 is 1.71 bits per heavy atom. The molecule has 3 saturated heterocycles. The Labute approximate surface area is 209 Å². The van der Waals surface area contributed by atoms with E-state index in [1.54, 1.807) is 11.8 Å². The zero-order chi connectivity index (χ0) is 25.0. The van der Waals surface area contributed by atoms with E-state index in [0.29, 0.717) is 12.1 Å². The van der Waals surface area contributed by atoms with Crippen LogP contribution in [0.3, 0.4) is 0 Å². The highest BCUT2D eigenvalue weighted by molar-refractivity contribution is 8.02. The van der Waals surface area contributed by atoms with E-state index in [2.05, 4.69) is 10.6 Å². The van der Waals surface area contributed by atoms with Crippen LogP contribution in [0.25, 0.3) is 0 Å². The molecule has 2 bridgehead atoms. The second-order valence-corrected chi connectivity index (χ2v) is 12.0. The van der Waals surface area contributed by atoms with Crippen molar-refractivity contribution in [2.24, 2.45) is 11.8 Å². The number of hydrogen-bond donors (Lipinski definition) is 3. The number of hydrogen-bond acceptors (Lipinski definition) is 5. The maximum absolute atomic E-state index is 13.8. The maximum atomic E-state index is 13.8. The molecule has 184 valence electrons. The first-order valence-corrected chi connectivity index (χ1v) is 12.9. The molecule has 1 spiro atoms. The summed E-state index contributed by atoms with van der Waals surface area (Å²) in [5, 5.41) is 15.8. The average Bonchev–Trinajstić information content (AvgIpc) is 3.38. The molecular weight excluding hydrogens is 462 g/mol. The normalized spacial score (nSPS) is 30.9. The average molecular weight is 494 g/mol. The van der Waals surface area contributed by atoms with Crippen LogP contribution in [0.1, 0.15) is 30.9 Å². The number of likely N-dealkylation sites (tertiary alicyclic amines) is 1. The number of nitrogens with zero attached hydrogens (tertiary/aromatic N) is 1. The van der Waals surface area contributed by atoms with Crippen molar-refractivity contribution in [2.75, 3.05) is 23.8 Å². The van der Waals surface area contributed by atoms with Crippen LogP contribution in [-0.4, -0.2) is 56.4 Å². The molecule has 0 aliphatic carbocycles. The molecule has 0 saturated carbocycles. The van der Waals surface area contributed by atoms with E-state index in [-0.39, 0.29) is 30.9 Å². The fraction of sp³-hybridized carbons (Fsp3) is 0.444.